The molecule has 0 aliphatic carbocycles. The number of aromatic nitrogens is 1. The number of rotatable bonds is 1. The van der Waals surface area contributed by atoms with Crippen LogP contribution in [0.4, 0.5) is 0 Å². The molecule has 0 aliphatic rings. The molecule has 15 heavy (non-hydrogen) atoms. The van der Waals surface area contributed by atoms with Gasteiger partial charge in [-0.05, 0) is 23.8 Å². The number of pyridine rings is 1. The fourth-order valence-corrected chi connectivity index (χ4v) is 1.98. The Bertz CT molecular complexity index is 459. The summed E-state index contributed by atoms with van der Waals surface area (Å²) in [5.74, 6) is 0. The molecule has 0 bridgehead atoms. The monoisotopic (exact) mass is 257 g/mol. The normalized spacial score (nSPS) is 10.3. The molecule has 0 aliphatic heterocycles. The Morgan fingerprint density at radius 1 is 0.867 bits per heavy atom. The van der Waals surface area contributed by atoms with Gasteiger partial charge in [-0.1, -0.05) is 46.9 Å². The molecule has 1 aromatic heterocycles. The maximum absolute atomic E-state index is 6.05. The van der Waals surface area contributed by atoms with Crippen LogP contribution in [0.2, 0.25) is 15.2 Å². The van der Waals surface area contributed by atoms with Crippen LogP contribution in [-0.2, 0) is 0 Å². The van der Waals surface area contributed by atoms with E-state index in [4.69, 9.17) is 34.8 Å². The van der Waals surface area contributed by atoms with E-state index in [1.807, 2.05) is 12.1 Å². The molecule has 1 heterocycles. The smallest absolute Gasteiger partial charge is 0.138 e. The van der Waals surface area contributed by atoms with Gasteiger partial charge in [-0.25, -0.2) is 4.98 Å². The minimum Gasteiger partial charge on any atom is -0.244 e. The zero-order valence-corrected chi connectivity index (χ0v) is 9.81. The molecule has 0 amide bonds. The van der Waals surface area contributed by atoms with Gasteiger partial charge in [-0.2, -0.15) is 0 Å². The Hall–Kier alpha value is -0.760. The van der Waals surface area contributed by atoms with Crippen molar-refractivity contribution in [2.75, 3.05) is 0 Å². The maximum Gasteiger partial charge on any atom is 0.138 e. The third-order valence-electron chi connectivity index (χ3n) is 1.99. The van der Waals surface area contributed by atoms with Crippen molar-refractivity contribution in [1.82, 2.24) is 4.98 Å². The van der Waals surface area contributed by atoms with E-state index >= 15 is 0 Å². The Morgan fingerprint density at radius 2 is 1.53 bits per heavy atom. The van der Waals surface area contributed by atoms with Crippen LogP contribution >= 0.6 is 34.8 Å². The first-order chi connectivity index (χ1) is 7.18. The van der Waals surface area contributed by atoms with Gasteiger partial charge in [0.25, 0.3) is 0 Å². The fraction of sp³-hybridized carbons (Fsp3) is 0. The molecule has 4 heteroatoms. The van der Waals surface area contributed by atoms with Crippen molar-refractivity contribution >= 4 is 34.8 Å². The first kappa shape index (κ1) is 10.7. The van der Waals surface area contributed by atoms with Crippen molar-refractivity contribution in [3.05, 3.63) is 51.7 Å². The molecule has 76 valence electrons. The van der Waals surface area contributed by atoms with E-state index in [-0.39, 0.29) is 0 Å². The summed E-state index contributed by atoms with van der Waals surface area (Å²) in [7, 11) is 0. The van der Waals surface area contributed by atoms with Gasteiger partial charge in [0.05, 0.1) is 5.02 Å². The van der Waals surface area contributed by atoms with E-state index in [0.717, 1.165) is 11.1 Å². The maximum atomic E-state index is 6.05. The minimum absolute atomic E-state index is 0.393. The van der Waals surface area contributed by atoms with Crippen LogP contribution in [0.5, 0.6) is 0 Å². The third-order valence-corrected chi connectivity index (χ3v) is 2.84. The van der Waals surface area contributed by atoms with E-state index in [0.29, 0.717) is 15.2 Å². The second kappa shape index (κ2) is 4.40. The van der Waals surface area contributed by atoms with Crippen molar-refractivity contribution in [3.8, 4) is 11.1 Å². The summed E-state index contributed by atoms with van der Waals surface area (Å²) >= 11 is 17.8. The highest BCUT2D eigenvalue weighted by Crippen LogP contribution is 2.33. The molecule has 0 spiro atoms. The minimum atomic E-state index is 0.393. The largest absolute Gasteiger partial charge is 0.244 e. The molecule has 0 saturated heterocycles. The van der Waals surface area contributed by atoms with Crippen LogP contribution in [0.1, 0.15) is 0 Å². The Kier molecular flexibility index (Phi) is 3.15. The predicted molar refractivity (Wildman–Crippen MR) is 64.7 cm³/mol. The van der Waals surface area contributed by atoms with Crippen LogP contribution in [0.15, 0.2) is 36.5 Å². The van der Waals surface area contributed by atoms with Crippen LogP contribution in [-0.4, -0.2) is 4.98 Å². The van der Waals surface area contributed by atoms with E-state index < -0.39 is 0 Å². The quantitative estimate of drug-likeness (QED) is 0.675. The topological polar surface area (TPSA) is 12.9 Å². The van der Waals surface area contributed by atoms with E-state index in [1.165, 1.54) is 0 Å². The zero-order chi connectivity index (χ0) is 10.8. The summed E-state index contributed by atoms with van der Waals surface area (Å²) in [6, 6.07) is 9.00. The first-order valence-electron chi connectivity index (χ1n) is 4.24. The Labute approximate surface area is 103 Å². The second-order valence-electron chi connectivity index (χ2n) is 2.97. The zero-order valence-electron chi connectivity index (χ0n) is 7.55. The molecule has 1 nitrogen and oxygen atoms in total. The van der Waals surface area contributed by atoms with Crippen molar-refractivity contribution in [2.45, 2.75) is 0 Å². The van der Waals surface area contributed by atoms with Gasteiger partial charge in [-0.3, -0.25) is 0 Å². The number of hydrogen-bond donors (Lipinski definition) is 0. The fourth-order valence-electron chi connectivity index (χ4n) is 1.29. The van der Waals surface area contributed by atoms with Crippen LogP contribution in [0, 0.1) is 0 Å². The summed E-state index contributed by atoms with van der Waals surface area (Å²) < 4.78 is 0. The van der Waals surface area contributed by atoms with Gasteiger partial charge in [0.2, 0.25) is 0 Å². The number of hydrogen-bond acceptors (Lipinski definition) is 1. The van der Waals surface area contributed by atoms with E-state index in [2.05, 4.69) is 4.98 Å². The molecule has 1 aromatic carbocycles. The van der Waals surface area contributed by atoms with E-state index in [1.54, 1.807) is 24.4 Å². The van der Waals surface area contributed by atoms with Crippen LogP contribution in [0.3, 0.4) is 0 Å². The van der Waals surface area contributed by atoms with Gasteiger partial charge in [0, 0.05) is 16.8 Å². The van der Waals surface area contributed by atoms with Crippen molar-refractivity contribution in [1.29, 1.82) is 0 Å². The summed E-state index contributed by atoms with van der Waals surface area (Å²) in [6.07, 6.45) is 1.57. The molecule has 2 rings (SSSR count). The average molecular weight is 259 g/mol. The molecule has 0 unspecified atom stereocenters. The lowest BCUT2D eigenvalue weighted by atomic mass is 10.1. The Morgan fingerprint density at radius 3 is 2.13 bits per heavy atom. The lowest BCUT2D eigenvalue weighted by Gasteiger charge is -2.05. The van der Waals surface area contributed by atoms with E-state index in [9.17, 15) is 0 Å². The summed E-state index contributed by atoms with van der Waals surface area (Å²) in [5, 5.41) is 1.65. The molecular weight excluding hydrogens is 252 g/mol. The summed E-state index contributed by atoms with van der Waals surface area (Å²) in [6.45, 7) is 0. The van der Waals surface area contributed by atoms with Gasteiger partial charge in [0.15, 0.2) is 0 Å². The number of nitrogens with zero attached hydrogens (tertiary/aromatic N) is 1. The second-order valence-corrected chi connectivity index (χ2v) is 4.17. The SMILES string of the molecule is Clc1ccc(-c2c(Cl)ccnc2Cl)cc1. The highest BCUT2D eigenvalue weighted by Gasteiger charge is 2.08. The molecule has 0 N–H and O–H groups in total. The molecular formula is C11H6Cl3N. The molecule has 0 radical (unpaired) electrons. The summed E-state index contributed by atoms with van der Waals surface area (Å²) in [4.78, 5) is 3.99. The lowest BCUT2D eigenvalue weighted by Crippen LogP contribution is -1.84. The third kappa shape index (κ3) is 2.25. The van der Waals surface area contributed by atoms with Gasteiger partial charge < -0.3 is 0 Å². The van der Waals surface area contributed by atoms with Crippen molar-refractivity contribution < 1.29 is 0 Å². The Balaban J connectivity index is 2.58. The van der Waals surface area contributed by atoms with Gasteiger partial charge >= 0.3 is 0 Å². The summed E-state index contributed by atoms with van der Waals surface area (Å²) in [5.41, 5.74) is 1.64. The van der Waals surface area contributed by atoms with Gasteiger partial charge in [0.1, 0.15) is 5.15 Å². The molecule has 0 fully saturated rings. The highest BCUT2D eigenvalue weighted by molar-refractivity contribution is 6.38. The molecule has 0 saturated carbocycles. The van der Waals surface area contributed by atoms with Crippen LogP contribution in [0.25, 0.3) is 11.1 Å². The van der Waals surface area contributed by atoms with Crippen LogP contribution < -0.4 is 0 Å². The van der Waals surface area contributed by atoms with Crippen molar-refractivity contribution in [3.63, 3.8) is 0 Å². The first-order valence-corrected chi connectivity index (χ1v) is 5.38. The predicted octanol–water partition coefficient (Wildman–Crippen LogP) is 4.71. The van der Waals surface area contributed by atoms with Gasteiger partial charge in [-0.15, -0.1) is 0 Å². The number of halogens is 3. The molecule has 0 atom stereocenters. The highest BCUT2D eigenvalue weighted by atomic mass is 35.5. The average Bonchev–Trinajstić information content (AvgIpc) is 2.20. The van der Waals surface area contributed by atoms with Crippen molar-refractivity contribution in [2.24, 2.45) is 0 Å². The number of benzene rings is 1. The standard InChI is InChI=1S/C11H6Cl3N/c12-8-3-1-7(2-4-8)10-9(13)5-6-15-11(10)14/h1-6H. The lowest BCUT2D eigenvalue weighted by molar-refractivity contribution is 1.33. The molecule has 2 aromatic rings.